The Balaban J connectivity index is 1.68. The highest BCUT2D eigenvalue weighted by atomic mass is 79.9. The van der Waals surface area contributed by atoms with Gasteiger partial charge in [0.1, 0.15) is 0 Å². The van der Waals surface area contributed by atoms with Crippen molar-refractivity contribution in [3.63, 3.8) is 0 Å². The summed E-state index contributed by atoms with van der Waals surface area (Å²) in [5.41, 5.74) is 2.06. The van der Waals surface area contributed by atoms with Crippen LogP contribution in [0.15, 0.2) is 10.6 Å². The van der Waals surface area contributed by atoms with Crippen molar-refractivity contribution in [2.45, 2.75) is 123 Å². The van der Waals surface area contributed by atoms with Crippen molar-refractivity contribution in [3.05, 3.63) is 10.6 Å². The first-order valence-corrected chi connectivity index (χ1v) is 16.1. The molecule has 0 amide bonds. The minimum absolute atomic E-state index is 0.0354. The Morgan fingerprint density at radius 2 is 1.83 bits per heavy atom. The molecule has 0 bridgehead atoms. The molecule has 2 aliphatic carbocycles. The van der Waals surface area contributed by atoms with Crippen molar-refractivity contribution in [1.29, 1.82) is 0 Å². The monoisotopic (exact) mass is 498 g/mol. The van der Waals surface area contributed by atoms with E-state index in [2.05, 4.69) is 69.4 Å². The lowest BCUT2D eigenvalue weighted by atomic mass is 9.60. The summed E-state index contributed by atoms with van der Waals surface area (Å²) >= 11 is 3.67. The largest absolute Gasteiger partial charge is 0.412 e. The minimum atomic E-state index is -1.58. The highest BCUT2D eigenvalue weighted by Crippen LogP contribution is 2.62. The van der Waals surface area contributed by atoms with Gasteiger partial charge >= 0.3 is 0 Å². The average molecular weight is 500 g/mol. The van der Waals surface area contributed by atoms with Crippen LogP contribution in [0.2, 0.25) is 18.1 Å². The van der Waals surface area contributed by atoms with E-state index in [0.29, 0.717) is 17.3 Å². The molecular formula is C26H47BrO2Si. The van der Waals surface area contributed by atoms with Gasteiger partial charge in [-0.25, -0.2) is 0 Å². The van der Waals surface area contributed by atoms with Gasteiger partial charge in [0.2, 0.25) is 0 Å². The topological polar surface area (TPSA) is 18.5 Å². The van der Waals surface area contributed by atoms with Crippen molar-refractivity contribution >= 4 is 24.2 Å². The van der Waals surface area contributed by atoms with Crippen LogP contribution in [0.25, 0.3) is 0 Å². The van der Waals surface area contributed by atoms with Gasteiger partial charge in [0.05, 0.1) is 17.8 Å². The van der Waals surface area contributed by atoms with Gasteiger partial charge in [-0.3, -0.25) is 0 Å². The number of allylic oxidation sites excluding steroid dienone is 1. The van der Waals surface area contributed by atoms with Gasteiger partial charge in [0, 0.05) is 0 Å². The Hall–Kier alpha value is 0.357. The second-order valence-corrected chi connectivity index (χ2v) is 16.9. The smallest absolute Gasteiger partial charge is 0.192 e. The summed E-state index contributed by atoms with van der Waals surface area (Å²) in [6.07, 6.45) is 8.99. The number of ether oxygens (including phenoxy) is 1. The first-order chi connectivity index (χ1) is 14.1. The third-order valence-electron chi connectivity index (χ3n) is 9.39. The maximum atomic E-state index is 6.93. The molecule has 2 nitrogen and oxygen atoms in total. The molecule has 0 aromatic rings. The molecule has 174 valence electrons. The van der Waals surface area contributed by atoms with Gasteiger partial charge in [-0.15, -0.1) is 0 Å². The zero-order chi connectivity index (χ0) is 22.2. The molecular weight excluding hydrogens is 452 g/mol. The van der Waals surface area contributed by atoms with Crippen LogP contribution in [0.3, 0.4) is 0 Å². The van der Waals surface area contributed by atoms with Gasteiger partial charge in [0.15, 0.2) is 8.32 Å². The van der Waals surface area contributed by atoms with E-state index in [0.717, 1.165) is 18.9 Å². The van der Waals surface area contributed by atoms with E-state index >= 15 is 0 Å². The summed E-state index contributed by atoms with van der Waals surface area (Å²) in [6.45, 7) is 17.6. The molecule has 0 unspecified atom stereocenters. The maximum Gasteiger partial charge on any atom is 0.192 e. The summed E-state index contributed by atoms with van der Waals surface area (Å²) in [5.74, 6) is 2.06. The first-order valence-electron chi connectivity index (χ1n) is 12.7. The highest BCUT2D eigenvalue weighted by Gasteiger charge is 2.58. The molecule has 0 aromatic heterocycles. The van der Waals surface area contributed by atoms with Gasteiger partial charge in [-0.2, -0.15) is 0 Å². The van der Waals surface area contributed by atoms with E-state index in [-0.39, 0.29) is 11.2 Å². The minimum Gasteiger partial charge on any atom is -0.412 e. The van der Waals surface area contributed by atoms with E-state index in [1.165, 1.54) is 56.7 Å². The van der Waals surface area contributed by atoms with E-state index in [9.17, 15) is 0 Å². The standard InChI is InChI=1S/C26H47BrO2Si/c1-8-30(9-2,10-3)29-24(4,5)16-20-17-26(7,28-19-20)23-14-13-22-21(18-27)12-11-15-25(22,23)6/h18,20,22-23H,8-17,19H2,1-7H3/b21-18+/t20-,22+,23+,25+,26+/m1/s1. The van der Waals surface area contributed by atoms with E-state index in [1.807, 2.05) is 0 Å². The van der Waals surface area contributed by atoms with Crippen LogP contribution in [-0.4, -0.2) is 26.1 Å². The molecule has 30 heavy (non-hydrogen) atoms. The molecule has 0 aromatic carbocycles. The normalized spacial score (nSPS) is 38.9. The van der Waals surface area contributed by atoms with Gasteiger partial charge in [-0.05, 0) is 112 Å². The van der Waals surface area contributed by atoms with Crippen LogP contribution in [0.5, 0.6) is 0 Å². The van der Waals surface area contributed by atoms with Crippen LogP contribution in [0.1, 0.15) is 93.4 Å². The lowest BCUT2D eigenvalue weighted by Crippen LogP contribution is -2.46. The van der Waals surface area contributed by atoms with Gasteiger partial charge in [-0.1, -0.05) is 49.2 Å². The number of hydrogen-bond acceptors (Lipinski definition) is 2. The van der Waals surface area contributed by atoms with Crippen LogP contribution >= 0.6 is 15.9 Å². The van der Waals surface area contributed by atoms with E-state index in [4.69, 9.17) is 9.16 Å². The lowest BCUT2D eigenvalue weighted by molar-refractivity contribution is -0.0753. The molecule has 4 heteroatoms. The highest BCUT2D eigenvalue weighted by molar-refractivity contribution is 9.11. The number of hydrogen-bond donors (Lipinski definition) is 0. The van der Waals surface area contributed by atoms with Crippen molar-refractivity contribution in [1.82, 2.24) is 0 Å². The number of fused-ring (bicyclic) bond motifs is 1. The summed E-state index contributed by atoms with van der Waals surface area (Å²) in [6, 6.07) is 3.69. The Morgan fingerprint density at radius 1 is 1.17 bits per heavy atom. The molecule has 3 fully saturated rings. The predicted molar refractivity (Wildman–Crippen MR) is 135 cm³/mol. The van der Waals surface area contributed by atoms with E-state index in [1.54, 1.807) is 5.57 Å². The molecule has 3 rings (SSSR count). The molecule has 0 spiro atoms. The molecule has 3 aliphatic rings. The molecule has 2 saturated carbocycles. The van der Waals surface area contributed by atoms with Gasteiger partial charge in [0.25, 0.3) is 0 Å². The predicted octanol–water partition coefficient (Wildman–Crippen LogP) is 8.47. The number of rotatable bonds is 8. The second-order valence-electron chi connectivity index (χ2n) is 11.7. The van der Waals surface area contributed by atoms with Crippen molar-refractivity contribution in [2.24, 2.45) is 23.2 Å². The summed E-state index contributed by atoms with van der Waals surface area (Å²) < 4.78 is 13.6. The maximum absolute atomic E-state index is 6.93. The molecule has 0 radical (unpaired) electrons. The van der Waals surface area contributed by atoms with Crippen LogP contribution in [-0.2, 0) is 9.16 Å². The Labute approximate surface area is 196 Å². The fraction of sp³-hybridized carbons (Fsp3) is 0.923. The van der Waals surface area contributed by atoms with Crippen molar-refractivity contribution in [3.8, 4) is 0 Å². The van der Waals surface area contributed by atoms with E-state index < -0.39 is 8.32 Å². The fourth-order valence-electron chi connectivity index (χ4n) is 7.84. The van der Waals surface area contributed by atoms with Crippen LogP contribution in [0.4, 0.5) is 0 Å². The second kappa shape index (κ2) is 9.31. The quantitative estimate of drug-likeness (QED) is 0.312. The Morgan fingerprint density at radius 3 is 2.43 bits per heavy atom. The summed E-state index contributed by atoms with van der Waals surface area (Å²) in [4.78, 5) is 2.24. The Bertz CT molecular complexity index is 620. The summed E-state index contributed by atoms with van der Waals surface area (Å²) in [7, 11) is -1.58. The third kappa shape index (κ3) is 4.68. The van der Waals surface area contributed by atoms with Crippen LogP contribution < -0.4 is 0 Å². The first kappa shape index (κ1) is 25.0. The molecule has 1 heterocycles. The SMILES string of the molecule is CC[Si](CC)(CC)OC(C)(C)C[C@H]1CO[C@](C)([C@H]2CC[C@H]3/C(=C/Br)CCC[C@@]32C)C1. The molecule has 0 N–H and O–H groups in total. The lowest BCUT2D eigenvalue weighted by Gasteiger charge is -2.47. The fourth-order valence-corrected chi connectivity index (χ4v) is 11.6. The zero-order valence-corrected chi connectivity index (χ0v) is 23.4. The van der Waals surface area contributed by atoms with Crippen LogP contribution in [0, 0.1) is 23.2 Å². The Kier molecular flexibility index (Phi) is 7.75. The molecule has 1 aliphatic heterocycles. The average Bonchev–Trinajstić information content (AvgIpc) is 3.25. The van der Waals surface area contributed by atoms with Gasteiger partial charge < -0.3 is 9.16 Å². The van der Waals surface area contributed by atoms with Crippen molar-refractivity contribution < 1.29 is 9.16 Å². The third-order valence-corrected chi connectivity index (χ3v) is 14.8. The molecule has 1 saturated heterocycles. The molecule has 5 atom stereocenters. The summed E-state index contributed by atoms with van der Waals surface area (Å²) in [5, 5.41) is 0. The zero-order valence-electron chi connectivity index (χ0n) is 20.8. The number of halogens is 1. The van der Waals surface area contributed by atoms with Crippen molar-refractivity contribution in [2.75, 3.05) is 6.61 Å².